The van der Waals surface area contributed by atoms with Gasteiger partial charge in [0.05, 0.1) is 28.2 Å². The highest BCUT2D eigenvalue weighted by molar-refractivity contribution is 7.90. The maximum atomic E-state index is 13.4. The fourth-order valence-corrected chi connectivity index (χ4v) is 5.96. The van der Waals surface area contributed by atoms with Crippen LogP contribution in [-0.4, -0.2) is 12.7 Å². The SMILES string of the molecule is N#CC1=C(N)N2C(=C(c3ccccc3)[C@@H]1c1ccccc1)c1ccccc1S2(=O)=O. The molecule has 0 amide bonds. The zero-order valence-electron chi connectivity index (χ0n) is 15.9. The lowest BCUT2D eigenvalue weighted by Gasteiger charge is -2.34. The average Bonchev–Trinajstić information content (AvgIpc) is 3.02. The van der Waals surface area contributed by atoms with Crippen LogP contribution in [0.25, 0.3) is 11.3 Å². The topological polar surface area (TPSA) is 87.2 Å². The molecular weight excluding hydrogens is 394 g/mol. The molecule has 0 fully saturated rings. The van der Waals surface area contributed by atoms with E-state index < -0.39 is 15.9 Å². The highest BCUT2D eigenvalue weighted by Crippen LogP contribution is 2.53. The van der Waals surface area contributed by atoms with Gasteiger partial charge in [-0.25, -0.2) is 12.7 Å². The highest BCUT2D eigenvalue weighted by atomic mass is 32.2. The van der Waals surface area contributed by atoms with E-state index in [-0.39, 0.29) is 16.3 Å². The third-order valence-electron chi connectivity index (χ3n) is 5.53. The number of hydrogen-bond donors (Lipinski definition) is 1. The van der Waals surface area contributed by atoms with Crippen molar-refractivity contribution in [1.29, 1.82) is 5.26 Å². The average molecular weight is 411 g/mol. The summed E-state index contributed by atoms with van der Waals surface area (Å²) in [5.41, 5.74) is 10.2. The second kappa shape index (κ2) is 6.61. The molecule has 3 aromatic carbocycles. The predicted octanol–water partition coefficient (Wildman–Crippen LogP) is 4.05. The number of nitrogens with two attached hydrogens (primary N) is 1. The minimum atomic E-state index is -3.90. The minimum Gasteiger partial charge on any atom is -0.383 e. The lowest BCUT2D eigenvalue weighted by atomic mass is 9.78. The summed E-state index contributed by atoms with van der Waals surface area (Å²) in [6.45, 7) is 0. The van der Waals surface area contributed by atoms with Gasteiger partial charge in [-0.3, -0.25) is 0 Å². The summed E-state index contributed by atoms with van der Waals surface area (Å²) in [5.74, 6) is -0.525. The molecule has 0 radical (unpaired) electrons. The number of benzene rings is 3. The van der Waals surface area contributed by atoms with Crippen molar-refractivity contribution >= 4 is 21.3 Å². The van der Waals surface area contributed by atoms with Crippen molar-refractivity contribution in [3.8, 4) is 6.07 Å². The monoisotopic (exact) mass is 411 g/mol. The Bertz CT molecular complexity index is 1370. The summed E-state index contributed by atoms with van der Waals surface area (Å²) < 4.78 is 27.9. The molecule has 0 bridgehead atoms. The molecule has 2 N–H and O–H groups in total. The Kier molecular flexibility index (Phi) is 4.02. The molecule has 0 saturated carbocycles. The molecule has 30 heavy (non-hydrogen) atoms. The predicted molar refractivity (Wildman–Crippen MR) is 115 cm³/mol. The molecule has 5 rings (SSSR count). The van der Waals surface area contributed by atoms with E-state index in [1.54, 1.807) is 18.2 Å². The van der Waals surface area contributed by atoms with Crippen LogP contribution in [0.5, 0.6) is 0 Å². The lowest BCUT2D eigenvalue weighted by Crippen LogP contribution is -2.34. The Balaban J connectivity index is 1.95. The number of rotatable bonds is 2. The van der Waals surface area contributed by atoms with E-state index in [2.05, 4.69) is 6.07 Å². The van der Waals surface area contributed by atoms with Gasteiger partial charge >= 0.3 is 0 Å². The van der Waals surface area contributed by atoms with E-state index in [1.165, 1.54) is 0 Å². The van der Waals surface area contributed by atoms with Crippen molar-refractivity contribution in [1.82, 2.24) is 4.31 Å². The molecule has 2 heterocycles. The smallest absolute Gasteiger partial charge is 0.270 e. The molecule has 146 valence electrons. The van der Waals surface area contributed by atoms with Gasteiger partial charge in [-0.1, -0.05) is 78.9 Å². The van der Waals surface area contributed by atoms with Crippen LogP contribution in [0, 0.1) is 11.3 Å². The molecule has 2 aliphatic heterocycles. The first-order valence-electron chi connectivity index (χ1n) is 9.44. The van der Waals surface area contributed by atoms with Crippen LogP contribution >= 0.6 is 0 Å². The third kappa shape index (κ3) is 2.43. The normalized spacial score (nSPS) is 19.3. The summed E-state index contributed by atoms with van der Waals surface area (Å²) in [5, 5.41) is 10.0. The number of fused-ring (bicyclic) bond motifs is 3. The van der Waals surface area contributed by atoms with Crippen molar-refractivity contribution in [3.63, 3.8) is 0 Å². The van der Waals surface area contributed by atoms with Crippen molar-refractivity contribution in [2.24, 2.45) is 5.73 Å². The molecule has 6 heteroatoms. The van der Waals surface area contributed by atoms with Crippen LogP contribution in [0.1, 0.15) is 22.6 Å². The van der Waals surface area contributed by atoms with E-state index in [1.807, 2.05) is 66.7 Å². The van der Waals surface area contributed by atoms with Crippen LogP contribution in [0.15, 0.2) is 101 Å². The highest BCUT2D eigenvalue weighted by Gasteiger charge is 2.47. The first kappa shape index (κ1) is 18.2. The van der Waals surface area contributed by atoms with Gasteiger partial charge in [0.15, 0.2) is 0 Å². The molecule has 2 aliphatic rings. The van der Waals surface area contributed by atoms with Crippen LogP contribution in [0.2, 0.25) is 0 Å². The number of nitrogens with zero attached hydrogens (tertiary/aromatic N) is 2. The molecule has 0 spiro atoms. The van der Waals surface area contributed by atoms with Crippen molar-refractivity contribution < 1.29 is 8.42 Å². The Hall–Kier alpha value is -3.82. The summed E-state index contributed by atoms with van der Waals surface area (Å²) in [4.78, 5) is 0.197. The first-order valence-corrected chi connectivity index (χ1v) is 10.9. The van der Waals surface area contributed by atoms with Crippen LogP contribution < -0.4 is 5.73 Å². The van der Waals surface area contributed by atoms with Crippen molar-refractivity contribution in [3.05, 3.63) is 113 Å². The Labute approximate surface area is 175 Å². The summed E-state index contributed by atoms with van der Waals surface area (Å²) >= 11 is 0. The van der Waals surface area contributed by atoms with Gasteiger partial charge in [0.1, 0.15) is 5.82 Å². The molecular formula is C24H17N3O2S. The Morgan fingerprint density at radius 1 is 0.867 bits per heavy atom. The zero-order chi connectivity index (χ0) is 20.9. The van der Waals surface area contributed by atoms with Gasteiger partial charge in [-0.2, -0.15) is 5.26 Å². The molecule has 0 unspecified atom stereocenters. The second-order valence-electron chi connectivity index (χ2n) is 7.15. The summed E-state index contributed by atoms with van der Waals surface area (Å²) in [6, 6.07) is 28.2. The molecule has 1 atom stereocenters. The van der Waals surface area contributed by atoms with Gasteiger partial charge in [0, 0.05) is 5.56 Å². The van der Waals surface area contributed by atoms with E-state index in [0.717, 1.165) is 21.0 Å². The van der Waals surface area contributed by atoms with E-state index in [4.69, 9.17) is 5.73 Å². The number of nitriles is 1. The number of allylic oxidation sites excluding steroid dienone is 2. The first-order chi connectivity index (χ1) is 14.6. The van der Waals surface area contributed by atoms with E-state index >= 15 is 0 Å². The summed E-state index contributed by atoms with van der Waals surface area (Å²) in [7, 11) is -3.90. The molecule has 0 aromatic heterocycles. The van der Waals surface area contributed by atoms with Gasteiger partial charge in [-0.15, -0.1) is 0 Å². The standard InChI is InChI=1S/C24H17N3O2S/c25-15-19-21(16-9-3-1-4-10-16)22(17-11-5-2-6-12-17)23-18-13-7-8-14-20(18)30(28,29)27(23)24(19)26/h1-14,21H,26H2/t21-/m1/s1. The maximum absolute atomic E-state index is 13.4. The van der Waals surface area contributed by atoms with Gasteiger partial charge < -0.3 is 5.73 Å². The summed E-state index contributed by atoms with van der Waals surface area (Å²) in [6.07, 6.45) is 0. The largest absolute Gasteiger partial charge is 0.383 e. The van der Waals surface area contributed by atoms with Gasteiger partial charge in [0.25, 0.3) is 10.0 Å². The van der Waals surface area contributed by atoms with Crippen molar-refractivity contribution in [2.45, 2.75) is 10.8 Å². The molecule has 3 aromatic rings. The Morgan fingerprint density at radius 2 is 1.47 bits per heavy atom. The maximum Gasteiger partial charge on any atom is 0.270 e. The molecule has 0 aliphatic carbocycles. The van der Waals surface area contributed by atoms with Crippen LogP contribution in [0.3, 0.4) is 0 Å². The minimum absolute atomic E-state index is 0.0442. The lowest BCUT2D eigenvalue weighted by molar-refractivity contribution is 0.550. The fourth-order valence-electron chi connectivity index (χ4n) is 4.28. The second-order valence-corrected chi connectivity index (χ2v) is 8.90. The molecule has 0 saturated heterocycles. The number of hydrogen-bond acceptors (Lipinski definition) is 4. The van der Waals surface area contributed by atoms with Crippen molar-refractivity contribution in [2.75, 3.05) is 0 Å². The Morgan fingerprint density at radius 3 is 2.13 bits per heavy atom. The van der Waals surface area contributed by atoms with Gasteiger partial charge in [-0.05, 0) is 22.8 Å². The number of sulfonamides is 1. The molecule has 5 nitrogen and oxygen atoms in total. The van der Waals surface area contributed by atoms with Crippen LogP contribution in [0.4, 0.5) is 0 Å². The van der Waals surface area contributed by atoms with Gasteiger partial charge in [0.2, 0.25) is 0 Å². The van der Waals surface area contributed by atoms with Crippen LogP contribution in [-0.2, 0) is 10.0 Å². The van der Waals surface area contributed by atoms with E-state index in [0.29, 0.717) is 11.3 Å². The third-order valence-corrected chi connectivity index (χ3v) is 7.30. The van der Waals surface area contributed by atoms with E-state index in [9.17, 15) is 13.7 Å². The quantitative estimate of drug-likeness (QED) is 0.689. The zero-order valence-corrected chi connectivity index (χ0v) is 16.7. The fraction of sp³-hybridized carbons (Fsp3) is 0.0417.